The van der Waals surface area contributed by atoms with Crippen LogP contribution >= 0.6 is 0 Å². The predicted octanol–water partition coefficient (Wildman–Crippen LogP) is 3.24. The fraction of sp³-hybridized carbons (Fsp3) is 0.375. The topological polar surface area (TPSA) is 59.3 Å². The molecular weight excluding hydrogens is 343 g/mol. The van der Waals surface area contributed by atoms with Crippen molar-refractivity contribution < 1.29 is 26.0 Å². The largest absolute Gasteiger partial charge is 0.460 e. The van der Waals surface area contributed by atoms with Crippen molar-refractivity contribution in [3.05, 3.63) is 47.7 Å². The van der Waals surface area contributed by atoms with Crippen LogP contribution in [0.1, 0.15) is 17.7 Å². The molecule has 1 saturated heterocycles. The zero-order chi connectivity index (χ0) is 17.4. The molecule has 1 fully saturated rings. The van der Waals surface area contributed by atoms with Gasteiger partial charge < -0.3 is 9.73 Å². The maximum absolute atomic E-state index is 12.8. The van der Waals surface area contributed by atoms with Crippen LogP contribution < -0.4 is 5.32 Å². The smallest absolute Gasteiger partial charge is 0.416 e. The third-order valence-electron chi connectivity index (χ3n) is 3.93. The van der Waals surface area contributed by atoms with Gasteiger partial charge in [0.25, 0.3) is 0 Å². The summed E-state index contributed by atoms with van der Waals surface area (Å²) >= 11 is 0. The summed E-state index contributed by atoms with van der Waals surface area (Å²) < 4.78 is 66.6. The Morgan fingerprint density at radius 3 is 2.67 bits per heavy atom. The van der Waals surface area contributed by atoms with Gasteiger partial charge in [-0.25, -0.2) is 8.42 Å². The van der Waals surface area contributed by atoms with Crippen molar-refractivity contribution in [2.45, 2.75) is 25.2 Å². The molecule has 4 nitrogen and oxygen atoms in total. The van der Waals surface area contributed by atoms with Crippen LogP contribution in [0.5, 0.6) is 0 Å². The summed E-state index contributed by atoms with van der Waals surface area (Å²) in [5.74, 6) is 1.18. The highest BCUT2D eigenvalue weighted by Crippen LogP contribution is 2.32. The first-order valence-corrected chi connectivity index (χ1v) is 9.25. The Kier molecular flexibility index (Phi) is 4.44. The van der Waals surface area contributed by atoms with Crippen molar-refractivity contribution in [1.82, 2.24) is 5.32 Å². The minimum absolute atomic E-state index is 0.105. The average Bonchev–Trinajstić information content (AvgIpc) is 3.11. The first-order valence-electron chi connectivity index (χ1n) is 7.43. The summed E-state index contributed by atoms with van der Waals surface area (Å²) in [5, 5.41) is 3.10. The number of hydrogen-bond donors (Lipinski definition) is 1. The van der Waals surface area contributed by atoms with E-state index < -0.39 is 21.6 Å². The molecule has 0 spiro atoms. The van der Waals surface area contributed by atoms with Crippen molar-refractivity contribution in [3.63, 3.8) is 0 Å². The molecule has 1 atom stereocenters. The van der Waals surface area contributed by atoms with Crippen LogP contribution in [0.4, 0.5) is 13.2 Å². The summed E-state index contributed by atoms with van der Waals surface area (Å²) in [4.78, 5) is 0. The van der Waals surface area contributed by atoms with E-state index in [1.807, 2.05) is 0 Å². The Morgan fingerprint density at radius 2 is 2.00 bits per heavy atom. The van der Waals surface area contributed by atoms with Gasteiger partial charge in [0.2, 0.25) is 0 Å². The zero-order valence-corrected chi connectivity index (χ0v) is 13.5. The van der Waals surface area contributed by atoms with E-state index in [-0.39, 0.29) is 17.5 Å². The molecule has 1 aliphatic rings. The summed E-state index contributed by atoms with van der Waals surface area (Å²) in [7, 11) is -2.96. The maximum Gasteiger partial charge on any atom is 0.416 e. The van der Waals surface area contributed by atoms with Gasteiger partial charge in [0.15, 0.2) is 9.84 Å². The molecule has 3 rings (SSSR count). The SMILES string of the molecule is O=S1(=O)CCC(NCc2ccc(-c3cccc(C(F)(F)F)c3)o2)C1. The second-order valence-corrected chi connectivity index (χ2v) is 8.05. The number of sulfone groups is 1. The normalized spacial score (nSPS) is 20.4. The first kappa shape index (κ1) is 17.0. The molecule has 24 heavy (non-hydrogen) atoms. The molecule has 1 N–H and O–H groups in total. The molecule has 2 aromatic rings. The van der Waals surface area contributed by atoms with Crippen molar-refractivity contribution in [3.8, 4) is 11.3 Å². The van der Waals surface area contributed by atoms with E-state index in [9.17, 15) is 21.6 Å². The van der Waals surface area contributed by atoms with Gasteiger partial charge in [0.05, 0.1) is 23.6 Å². The molecule has 1 aromatic carbocycles. The standard InChI is InChI=1S/C16H16F3NO3S/c17-16(18,19)12-3-1-2-11(8-12)15-5-4-14(23-15)9-20-13-6-7-24(21,22)10-13/h1-5,8,13,20H,6-7,9-10H2. The van der Waals surface area contributed by atoms with Crippen LogP contribution in [0.3, 0.4) is 0 Å². The van der Waals surface area contributed by atoms with Gasteiger partial charge in [-0.3, -0.25) is 0 Å². The molecule has 0 saturated carbocycles. The minimum Gasteiger partial charge on any atom is -0.460 e. The summed E-state index contributed by atoms with van der Waals surface area (Å²) in [6.07, 6.45) is -3.84. The zero-order valence-electron chi connectivity index (χ0n) is 12.6. The lowest BCUT2D eigenvalue weighted by molar-refractivity contribution is -0.137. The Bertz CT molecular complexity index is 827. The second kappa shape index (κ2) is 6.25. The molecule has 2 heterocycles. The van der Waals surface area contributed by atoms with E-state index in [1.54, 1.807) is 18.2 Å². The van der Waals surface area contributed by atoms with Crippen molar-refractivity contribution in [2.75, 3.05) is 11.5 Å². The van der Waals surface area contributed by atoms with Crippen LogP contribution in [0.25, 0.3) is 11.3 Å². The highest BCUT2D eigenvalue weighted by Gasteiger charge is 2.30. The van der Waals surface area contributed by atoms with Gasteiger partial charge in [-0.15, -0.1) is 0 Å². The lowest BCUT2D eigenvalue weighted by Gasteiger charge is -2.09. The van der Waals surface area contributed by atoms with E-state index in [0.717, 1.165) is 12.1 Å². The number of alkyl halides is 3. The molecule has 1 unspecified atom stereocenters. The molecule has 0 bridgehead atoms. The number of rotatable bonds is 4. The first-order chi connectivity index (χ1) is 11.2. The monoisotopic (exact) mass is 359 g/mol. The molecule has 0 radical (unpaired) electrons. The highest BCUT2D eigenvalue weighted by molar-refractivity contribution is 7.91. The number of furan rings is 1. The summed E-state index contributed by atoms with van der Waals surface area (Å²) in [5.41, 5.74) is -0.383. The fourth-order valence-corrected chi connectivity index (χ4v) is 4.39. The lowest BCUT2D eigenvalue weighted by Crippen LogP contribution is -2.29. The minimum atomic E-state index is -4.40. The van der Waals surface area contributed by atoms with Crippen LogP contribution in [-0.4, -0.2) is 26.0 Å². The number of benzene rings is 1. The number of hydrogen-bond acceptors (Lipinski definition) is 4. The molecule has 130 valence electrons. The van der Waals surface area contributed by atoms with E-state index in [1.165, 1.54) is 6.07 Å². The Labute approximate surface area is 137 Å². The molecule has 1 aliphatic heterocycles. The number of halogens is 3. The lowest BCUT2D eigenvalue weighted by atomic mass is 10.1. The quantitative estimate of drug-likeness (QED) is 0.910. The van der Waals surface area contributed by atoms with Gasteiger partial charge >= 0.3 is 6.18 Å². The van der Waals surface area contributed by atoms with Crippen molar-refractivity contribution in [1.29, 1.82) is 0 Å². The van der Waals surface area contributed by atoms with Crippen molar-refractivity contribution in [2.24, 2.45) is 0 Å². The predicted molar refractivity (Wildman–Crippen MR) is 83.0 cm³/mol. The Balaban J connectivity index is 1.68. The van der Waals surface area contributed by atoms with E-state index in [0.29, 0.717) is 30.0 Å². The van der Waals surface area contributed by atoms with Gasteiger partial charge in [0.1, 0.15) is 11.5 Å². The molecule has 8 heteroatoms. The van der Waals surface area contributed by atoms with Gasteiger partial charge in [0, 0.05) is 11.6 Å². The molecular formula is C16H16F3NO3S. The van der Waals surface area contributed by atoms with Gasteiger partial charge in [-0.2, -0.15) is 13.2 Å². The maximum atomic E-state index is 12.8. The summed E-state index contributed by atoms with van der Waals surface area (Å²) in [6.45, 7) is 0.332. The van der Waals surface area contributed by atoms with Gasteiger partial charge in [-0.1, -0.05) is 12.1 Å². The van der Waals surface area contributed by atoms with E-state index >= 15 is 0 Å². The average molecular weight is 359 g/mol. The van der Waals surface area contributed by atoms with Crippen molar-refractivity contribution >= 4 is 9.84 Å². The molecule has 0 aliphatic carbocycles. The third kappa shape index (κ3) is 3.99. The Morgan fingerprint density at radius 1 is 1.21 bits per heavy atom. The van der Waals surface area contributed by atoms with Gasteiger partial charge in [-0.05, 0) is 30.7 Å². The van der Waals surface area contributed by atoms with E-state index in [4.69, 9.17) is 4.42 Å². The van der Waals surface area contributed by atoms with Crippen LogP contribution in [0.2, 0.25) is 0 Å². The molecule has 0 amide bonds. The highest BCUT2D eigenvalue weighted by atomic mass is 32.2. The summed E-state index contributed by atoms with van der Waals surface area (Å²) in [6, 6.07) is 8.10. The number of nitrogens with one attached hydrogen (secondary N) is 1. The molecule has 1 aromatic heterocycles. The second-order valence-electron chi connectivity index (χ2n) is 5.83. The van der Waals surface area contributed by atoms with Crippen LogP contribution in [0, 0.1) is 0 Å². The third-order valence-corrected chi connectivity index (χ3v) is 5.70. The fourth-order valence-electron chi connectivity index (χ4n) is 2.68. The van der Waals surface area contributed by atoms with E-state index in [2.05, 4.69) is 5.32 Å². The Hall–Kier alpha value is -1.80. The van der Waals surface area contributed by atoms with Crippen LogP contribution in [0.15, 0.2) is 40.8 Å². The van der Waals surface area contributed by atoms with Crippen LogP contribution in [-0.2, 0) is 22.6 Å².